The summed E-state index contributed by atoms with van der Waals surface area (Å²) in [5.41, 5.74) is 5.07. The Morgan fingerprint density at radius 1 is 0.864 bits per heavy atom. The Kier molecular flexibility index (Phi) is 8.61. The summed E-state index contributed by atoms with van der Waals surface area (Å²) in [6.45, 7) is 4.12. The van der Waals surface area contributed by atoms with Crippen LogP contribution in [0.1, 0.15) is 32.1 Å². The number of aliphatic hydroxyl groups is 1. The topological polar surface area (TPSA) is 87.5 Å². The number of amides is 2. The number of hydrogen-bond acceptors (Lipinski definition) is 6. The van der Waals surface area contributed by atoms with Crippen molar-refractivity contribution < 1.29 is 24.2 Å². The van der Waals surface area contributed by atoms with Crippen LogP contribution in [0.3, 0.4) is 0 Å². The highest BCUT2D eigenvalue weighted by Crippen LogP contribution is 2.38. The number of para-hydroxylation sites is 1. The summed E-state index contributed by atoms with van der Waals surface area (Å²) in [5.74, 6) is 0.823. The second-order valence-electron chi connectivity index (χ2n) is 10.9. The number of piperazine rings is 1. The highest BCUT2D eigenvalue weighted by molar-refractivity contribution is 6.34. The Morgan fingerprint density at radius 3 is 2.41 bits per heavy atom. The van der Waals surface area contributed by atoms with Crippen LogP contribution in [0, 0.1) is 0 Å². The summed E-state index contributed by atoms with van der Waals surface area (Å²) in [4.78, 5) is 33.8. The van der Waals surface area contributed by atoms with Gasteiger partial charge in [0, 0.05) is 54.7 Å². The molecule has 0 saturated carbocycles. The largest absolute Gasteiger partial charge is 0.497 e. The molecule has 0 radical (unpaired) electrons. The van der Waals surface area contributed by atoms with E-state index >= 15 is 0 Å². The number of ether oxygens (including phenoxy) is 2. The zero-order chi connectivity index (χ0) is 30.8. The molecule has 3 aromatic carbocycles. The number of aromatic nitrogens is 1. The number of anilines is 1. The molecule has 6 rings (SSSR count). The van der Waals surface area contributed by atoms with Crippen molar-refractivity contribution in [2.24, 2.45) is 0 Å². The summed E-state index contributed by atoms with van der Waals surface area (Å²) in [6, 6.07) is 22.6. The third-order valence-corrected chi connectivity index (χ3v) is 8.76. The minimum Gasteiger partial charge on any atom is -0.497 e. The molecule has 44 heavy (non-hydrogen) atoms. The minimum absolute atomic E-state index is 0.0289. The zero-order valence-corrected chi connectivity index (χ0v) is 25.6. The monoisotopic (exact) mass is 614 g/mol. The molecule has 0 bridgehead atoms. The predicted octanol–water partition coefficient (Wildman–Crippen LogP) is 4.78. The molecule has 2 aliphatic heterocycles. The molecule has 0 aliphatic carbocycles. The number of halogens is 1. The van der Waals surface area contributed by atoms with Gasteiger partial charge in [-0.05, 0) is 53.6 Å². The lowest BCUT2D eigenvalue weighted by Gasteiger charge is -2.34. The molecular formula is C34H35ClN4O5. The van der Waals surface area contributed by atoms with Gasteiger partial charge in [0.05, 0.1) is 39.5 Å². The summed E-state index contributed by atoms with van der Waals surface area (Å²) in [7, 11) is 3.15. The van der Waals surface area contributed by atoms with Crippen LogP contribution in [0.2, 0.25) is 5.02 Å². The standard InChI is InChI=1S/C34H35ClN4O5/c1-43-26-8-5-7-23(18-26)27-20-32(44-2)28(19-29(27)35)33(41)39-22-25-10-11-31(38(25)21-24-6-3-4-9-30(24)39)34(42)37-14-12-36(13-15-37)16-17-40/h3-11,18-20,40H,12-17,21-22H2,1-2H3. The maximum atomic E-state index is 14.3. The van der Waals surface area contributed by atoms with E-state index in [9.17, 15) is 14.7 Å². The molecule has 3 heterocycles. The van der Waals surface area contributed by atoms with Crippen LogP contribution in [-0.4, -0.2) is 84.8 Å². The van der Waals surface area contributed by atoms with Crippen LogP contribution in [0.15, 0.2) is 72.8 Å². The average molecular weight is 615 g/mol. The summed E-state index contributed by atoms with van der Waals surface area (Å²) in [6.07, 6.45) is 0. The van der Waals surface area contributed by atoms with E-state index in [1.165, 1.54) is 0 Å². The van der Waals surface area contributed by atoms with E-state index in [2.05, 4.69) is 4.90 Å². The van der Waals surface area contributed by atoms with E-state index in [0.29, 0.717) is 54.0 Å². The van der Waals surface area contributed by atoms with Crippen molar-refractivity contribution in [2.75, 3.05) is 58.5 Å². The highest BCUT2D eigenvalue weighted by atomic mass is 35.5. The van der Waals surface area contributed by atoms with Gasteiger partial charge in [0.25, 0.3) is 11.8 Å². The molecule has 0 unspecified atom stereocenters. The normalized spacial score (nSPS) is 14.9. The second kappa shape index (κ2) is 12.7. The van der Waals surface area contributed by atoms with Gasteiger partial charge in [0.2, 0.25) is 0 Å². The number of hydrogen-bond donors (Lipinski definition) is 1. The Labute approximate surface area is 261 Å². The molecule has 2 aliphatic rings. The number of carbonyl (C=O) groups excluding carboxylic acids is 2. The Morgan fingerprint density at radius 2 is 1.66 bits per heavy atom. The maximum absolute atomic E-state index is 14.3. The van der Waals surface area contributed by atoms with Gasteiger partial charge < -0.3 is 28.9 Å². The van der Waals surface area contributed by atoms with E-state index in [1.807, 2.05) is 70.1 Å². The van der Waals surface area contributed by atoms with E-state index in [1.54, 1.807) is 31.3 Å². The first-order valence-corrected chi connectivity index (χ1v) is 15.0. The molecular weight excluding hydrogens is 580 g/mol. The lowest BCUT2D eigenvalue weighted by Crippen LogP contribution is -2.49. The minimum atomic E-state index is -0.254. The third kappa shape index (κ3) is 5.66. The first-order chi connectivity index (χ1) is 21.4. The predicted molar refractivity (Wildman–Crippen MR) is 170 cm³/mol. The molecule has 2 amide bonds. The number of fused-ring (bicyclic) bond motifs is 2. The van der Waals surface area contributed by atoms with Crippen LogP contribution in [0.4, 0.5) is 5.69 Å². The molecule has 0 spiro atoms. The van der Waals surface area contributed by atoms with Gasteiger partial charge in [-0.25, -0.2) is 0 Å². The lowest BCUT2D eigenvalue weighted by atomic mass is 10.0. The van der Waals surface area contributed by atoms with Crippen LogP contribution >= 0.6 is 11.6 Å². The van der Waals surface area contributed by atoms with E-state index in [0.717, 1.165) is 41.2 Å². The summed E-state index contributed by atoms with van der Waals surface area (Å²) in [5, 5.41) is 9.68. The lowest BCUT2D eigenvalue weighted by molar-refractivity contribution is 0.0605. The van der Waals surface area contributed by atoms with Gasteiger partial charge in [0.15, 0.2) is 0 Å². The zero-order valence-electron chi connectivity index (χ0n) is 24.8. The number of aliphatic hydroxyl groups excluding tert-OH is 1. The molecule has 0 atom stereocenters. The summed E-state index contributed by atoms with van der Waals surface area (Å²) >= 11 is 6.79. The fraction of sp³-hybridized carbons (Fsp3) is 0.294. The molecule has 1 N–H and O–H groups in total. The summed E-state index contributed by atoms with van der Waals surface area (Å²) < 4.78 is 13.1. The first-order valence-electron chi connectivity index (χ1n) is 14.6. The van der Waals surface area contributed by atoms with Crippen LogP contribution in [-0.2, 0) is 13.1 Å². The van der Waals surface area contributed by atoms with E-state index in [4.69, 9.17) is 21.1 Å². The SMILES string of the molecule is COc1cccc(-c2cc(OC)c(C(=O)N3Cc4ccc(C(=O)N5CCN(CCO)CC5)n4Cc4ccccc43)cc2Cl)c1. The highest BCUT2D eigenvalue weighted by Gasteiger charge is 2.31. The Bertz CT molecular complexity index is 1690. The maximum Gasteiger partial charge on any atom is 0.270 e. The quantitative estimate of drug-likeness (QED) is 0.322. The van der Waals surface area contributed by atoms with Crippen molar-refractivity contribution in [1.29, 1.82) is 0 Å². The molecule has 228 valence electrons. The first kappa shape index (κ1) is 29.7. The molecule has 9 nitrogen and oxygen atoms in total. The van der Waals surface area contributed by atoms with E-state index < -0.39 is 0 Å². The molecule has 4 aromatic rings. The number of β-amino-alcohol motifs (C(OH)–C–C–N with tert-alkyl or cyclic N) is 1. The van der Waals surface area contributed by atoms with Gasteiger partial charge in [0.1, 0.15) is 17.2 Å². The molecule has 1 fully saturated rings. The number of nitrogens with zero attached hydrogens (tertiary/aromatic N) is 4. The van der Waals surface area contributed by atoms with Crippen LogP contribution in [0.25, 0.3) is 11.1 Å². The van der Waals surface area contributed by atoms with Crippen molar-refractivity contribution in [1.82, 2.24) is 14.4 Å². The second-order valence-corrected chi connectivity index (χ2v) is 11.3. The van der Waals surface area contributed by atoms with Gasteiger partial charge >= 0.3 is 0 Å². The number of rotatable bonds is 7. The van der Waals surface area contributed by atoms with Crippen LogP contribution < -0.4 is 14.4 Å². The van der Waals surface area contributed by atoms with Gasteiger partial charge in [-0.15, -0.1) is 0 Å². The number of methoxy groups -OCH3 is 2. The Hall–Kier alpha value is -4.31. The molecule has 1 saturated heterocycles. The van der Waals surface area contributed by atoms with Crippen molar-refractivity contribution >= 4 is 29.1 Å². The van der Waals surface area contributed by atoms with Gasteiger partial charge in [-0.2, -0.15) is 0 Å². The third-order valence-electron chi connectivity index (χ3n) is 8.44. The number of carbonyl (C=O) groups is 2. The van der Waals surface area contributed by atoms with E-state index in [-0.39, 0.29) is 25.0 Å². The Balaban J connectivity index is 1.33. The van der Waals surface area contributed by atoms with Crippen LogP contribution in [0.5, 0.6) is 11.5 Å². The van der Waals surface area contributed by atoms with Gasteiger partial charge in [-0.1, -0.05) is 41.9 Å². The van der Waals surface area contributed by atoms with Crippen molar-refractivity contribution in [3.05, 3.63) is 100 Å². The smallest absolute Gasteiger partial charge is 0.270 e. The fourth-order valence-electron chi connectivity index (χ4n) is 6.05. The number of benzene rings is 3. The fourth-order valence-corrected chi connectivity index (χ4v) is 6.33. The van der Waals surface area contributed by atoms with Crippen molar-refractivity contribution in [2.45, 2.75) is 13.1 Å². The van der Waals surface area contributed by atoms with Gasteiger partial charge in [-0.3, -0.25) is 14.5 Å². The van der Waals surface area contributed by atoms with Crippen molar-refractivity contribution in [3.63, 3.8) is 0 Å². The molecule has 1 aromatic heterocycles. The van der Waals surface area contributed by atoms with Crippen molar-refractivity contribution in [3.8, 4) is 22.6 Å². The average Bonchev–Trinajstić information content (AvgIpc) is 3.37. The molecule has 10 heteroatoms.